The Morgan fingerprint density at radius 1 is 1.57 bits per heavy atom. The van der Waals surface area contributed by atoms with E-state index in [9.17, 15) is 4.79 Å². The van der Waals surface area contributed by atoms with Gasteiger partial charge in [0.25, 0.3) is 0 Å². The van der Waals surface area contributed by atoms with E-state index in [0.717, 1.165) is 0 Å². The number of piperidine rings is 1. The molecule has 1 saturated carbocycles. The van der Waals surface area contributed by atoms with E-state index in [1.807, 2.05) is 0 Å². The number of hydrogen-bond donors (Lipinski definition) is 1. The lowest BCUT2D eigenvalue weighted by Crippen LogP contribution is -2.76. The fourth-order valence-electron chi connectivity index (χ4n) is 4.74. The molecule has 1 aromatic carbocycles. The van der Waals surface area contributed by atoms with E-state index < -0.39 is 48.1 Å². The van der Waals surface area contributed by atoms with Gasteiger partial charge in [0.15, 0.2) is 23.4 Å². The number of ketones is 1. The summed E-state index contributed by atoms with van der Waals surface area (Å²) in [5.41, 5.74) is -2.75. The van der Waals surface area contributed by atoms with E-state index in [4.69, 9.17) is 22.9 Å². The fraction of sp³-hybridized carbons (Fsp3) is 0.611. The number of methoxy groups -OCH3 is 1. The smallest absolute Gasteiger partial charge is 0.211 e. The maximum absolute atomic E-state index is 13.2. The van der Waals surface area contributed by atoms with Gasteiger partial charge in [-0.05, 0) is 44.4 Å². The van der Waals surface area contributed by atoms with Gasteiger partial charge in [0.2, 0.25) is 1.43 Å². The first-order chi connectivity index (χ1) is 13.4. The van der Waals surface area contributed by atoms with Crippen LogP contribution in [0.1, 0.15) is 37.2 Å². The number of nitrogens with zero attached hydrogens (tertiary/aromatic N) is 1. The molecule has 0 amide bonds. The molecule has 5 rings (SSSR count). The zero-order valence-electron chi connectivity index (χ0n) is 18.9. The summed E-state index contributed by atoms with van der Waals surface area (Å²) >= 11 is 0. The molecule has 0 radical (unpaired) electrons. The van der Waals surface area contributed by atoms with Gasteiger partial charge < -0.3 is 19.5 Å². The van der Waals surface area contributed by atoms with Gasteiger partial charge in [-0.1, -0.05) is 6.07 Å². The number of aliphatic hydroxyl groups is 1. The maximum Gasteiger partial charge on any atom is 0.211 e. The van der Waals surface area contributed by atoms with Gasteiger partial charge in [-0.3, -0.25) is 4.79 Å². The van der Waals surface area contributed by atoms with Crippen molar-refractivity contribution in [1.29, 1.82) is 1.43 Å². The molecular weight excluding hydrogens is 294 g/mol. The van der Waals surface area contributed by atoms with Crippen molar-refractivity contribution in [3.8, 4) is 11.5 Å². The molecule has 1 saturated heterocycles. The lowest BCUT2D eigenvalue weighted by molar-refractivity contribution is -0.185. The second-order valence-electron chi connectivity index (χ2n) is 6.71. The van der Waals surface area contributed by atoms with E-state index in [0.29, 0.717) is 12.1 Å². The highest BCUT2D eigenvalue weighted by molar-refractivity contribution is 5.90. The number of benzene rings is 1. The van der Waals surface area contributed by atoms with Crippen molar-refractivity contribution in [3.05, 3.63) is 23.3 Å². The second kappa shape index (κ2) is 4.08. The fourth-order valence-corrected chi connectivity index (χ4v) is 4.74. The van der Waals surface area contributed by atoms with E-state index in [2.05, 4.69) is 0 Å². The van der Waals surface area contributed by atoms with Crippen molar-refractivity contribution in [1.82, 2.24) is 4.90 Å². The van der Waals surface area contributed by atoms with Crippen LogP contribution < -0.4 is 9.47 Å². The Morgan fingerprint density at radius 3 is 3.22 bits per heavy atom. The first kappa shape index (κ1) is 9.04. The van der Waals surface area contributed by atoms with Crippen molar-refractivity contribution >= 4 is 5.78 Å². The summed E-state index contributed by atoms with van der Waals surface area (Å²) < 4.78 is 63.0. The van der Waals surface area contributed by atoms with Gasteiger partial charge in [-0.2, -0.15) is 0 Å². The molecule has 1 N–H and O–H groups in total. The van der Waals surface area contributed by atoms with Gasteiger partial charge >= 0.3 is 0 Å². The van der Waals surface area contributed by atoms with Crippen LogP contribution in [-0.4, -0.2) is 55.6 Å². The normalized spacial score (nSPS) is 51.9. The van der Waals surface area contributed by atoms with Crippen LogP contribution in [0.2, 0.25) is 0 Å². The molecule has 5 nitrogen and oxygen atoms in total. The first-order valence-electron chi connectivity index (χ1n) is 10.7. The SMILES string of the molecule is [2H]O[C@@]12CC([2H])([2H])C(=O)C3([2H])Oc4c(OC)ccc5c4[C@@]31CCN(C)[C@@H]2C5([2H])[2H]. The lowest BCUT2D eigenvalue weighted by atomic mass is 9.49. The predicted octanol–water partition coefficient (Wildman–Crippen LogP) is 1.05. The Hall–Kier alpha value is -1.59. The van der Waals surface area contributed by atoms with Crippen molar-refractivity contribution in [2.75, 3.05) is 20.7 Å². The molecule has 2 aliphatic heterocycles. The summed E-state index contributed by atoms with van der Waals surface area (Å²) in [6.07, 6.45) is -7.30. The second-order valence-corrected chi connectivity index (χ2v) is 6.71. The van der Waals surface area contributed by atoms with Crippen LogP contribution in [0.5, 0.6) is 11.5 Å². The van der Waals surface area contributed by atoms with Crippen LogP contribution in [0.15, 0.2) is 12.1 Å². The monoisotopic (exact) mass is 321 g/mol. The number of likely N-dealkylation sites (tertiary alicyclic amines) is 1. The minimum Gasteiger partial charge on any atom is -0.493 e. The zero-order chi connectivity index (χ0) is 21.2. The summed E-state index contributed by atoms with van der Waals surface area (Å²) in [6, 6.07) is 2.03. The molecule has 2 fully saturated rings. The Morgan fingerprint density at radius 2 is 2.43 bits per heavy atom. The van der Waals surface area contributed by atoms with Crippen LogP contribution in [0.4, 0.5) is 0 Å². The highest BCUT2D eigenvalue weighted by atomic mass is 16.5. The summed E-state index contributed by atoms with van der Waals surface area (Å²) in [7, 11) is 3.10. The number of carbonyl (C=O) groups excluding carboxylic acids is 1. The molecule has 4 aliphatic rings. The molecule has 5 heteroatoms. The number of ether oxygens (including phenoxy) is 2. The molecule has 2 aliphatic carbocycles. The van der Waals surface area contributed by atoms with E-state index in [1.165, 1.54) is 13.2 Å². The third-order valence-electron chi connectivity index (χ3n) is 5.81. The van der Waals surface area contributed by atoms with Crippen molar-refractivity contribution in [3.63, 3.8) is 0 Å². The minimum atomic E-state index is -2.52. The van der Waals surface area contributed by atoms with Crippen molar-refractivity contribution < 1.29 is 26.2 Å². The highest BCUT2D eigenvalue weighted by Crippen LogP contribution is 2.64. The molecule has 2 heterocycles. The number of likely N-dealkylation sites (N-methyl/N-ethyl adjacent to an activating group) is 1. The van der Waals surface area contributed by atoms with Crippen molar-refractivity contribution in [2.45, 2.75) is 48.7 Å². The van der Waals surface area contributed by atoms with Gasteiger partial charge in [-0.15, -0.1) is 0 Å². The Bertz CT molecular complexity index is 957. The van der Waals surface area contributed by atoms with Crippen LogP contribution in [-0.2, 0) is 16.6 Å². The van der Waals surface area contributed by atoms with Crippen LogP contribution in [0.3, 0.4) is 0 Å². The number of hydrogen-bond acceptors (Lipinski definition) is 5. The van der Waals surface area contributed by atoms with Crippen molar-refractivity contribution in [2.24, 2.45) is 0 Å². The zero-order valence-corrected chi connectivity index (χ0v) is 12.9. The third kappa shape index (κ3) is 1.32. The average Bonchev–Trinajstić information content (AvgIpc) is 2.92. The Balaban J connectivity index is 1.99. The third-order valence-corrected chi connectivity index (χ3v) is 5.81. The molecule has 1 unspecified atom stereocenters. The lowest BCUT2D eigenvalue weighted by Gasteiger charge is -2.62. The van der Waals surface area contributed by atoms with E-state index in [-0.39, 0.29) is 23.5 Å². The quantitative estimate of drug-likeness (QED) is 0.882. The average molecular weight is 321 g/mol. The molecule has 1 spiro atoms. The van der Waals surface area contributed by atoms with Gasteiger partial charge in [0.1, 0.15) is 0 Å². The molecule has 1 aromatic rings. The maximum atomic E-state index is 13.2. The van der Waals surface area contributed by atoms with Gasteiger partial charge in [0, 0.05) is 23.5 Å². The number of carbonyl (C=O) groups is 1. The van der Waals surface area contributed by atoms with E-state index >= 15 is 0 Å². The van der Waals surface area contributed by atoms with Gasteiger partial charge in [-0.25, -0.2) is 0 Å². The molecule has 23 heavy (non-hydrogen) atoms. The van der Waals surface area contributed by atoms with Crippen LogP contribution >= 0.6 is 0 Å². The summed E-state index contributed by atoms with van der Waals surface area (Å²) in [5.74, 6) is -0.730. The number of Topliss-reactive ketones (excluding diaryl/α,β-unsaturated/α-hetero) is 1. The van der Waals surface area contributed by atoms with Gasteiger partial charge in [0.05, 0.1) is 19.5 Å². The summed E-state index contributed by atoms with van der Waals surface area (Å²) in [4.78, 5) is 14.9. The topological polar surface area (TPSA) is 59.0 Å². The van der Waals surface area contributed by atoms with E-state index in [1.54, 1.807) is 18.0 Å². The molecule has 2 bridgehead atoms. The van der Waals surface area contributed by atoms with Crippen LogP contribution in [0, 0.1) is 0 Å². The molecular formula is C18H21NO4. The first-order valence-corrected chi connectivity index (χ1v) is 7.75. The standard InChI is InChI=1S/C18H21NO4/c1-19-8-7-17-14-10-3-4-12(22-2)15(14)23-16(17)11(20)5-6-18(17,21)13(19)9-10/h3-4,13,16,21H,5-9H2,1-2H3/t13-,16?,17+,18-/m1/s1/i5D2,9D2,16D,21D. The Labute approximate surface area is 143 Å². The molecule has 0 aromatic heterocycles. The number of rotatable bonds is 2. The van der Waals surface area contributed by atoms with Crippen LogP contribution in [0.25, 0.3) is 0 Å². The predicted molar refractivity (Wildman–Crippen MR) is 83.0 cm³/mol. The Kier molecular flexibility index (Phi) is 1.60. The molecule has 4 atom stereocenters. The summed E-state index contributed by atoms with van der Waals surface area (Å²) in [5, 5.41) is 5.27. The molecule has 122 valence electrons. The highest BCUT2D eigenvalue weighted by Gasteiger charge is 2.72. The minimum absolute atomic E-state index is 0.0688. The largest absolute Gasteiger partial charge is 0.493 e. The summed E-state index contributed by atoms with van der Waals surface area (Å²) in [6.45, 7) is 0.339.